The molecular formula is C15H12BrFO3. The molecule has 2 aromatic carbocycles. The Labute approximate surface area is 124 Å². The van der Waals surface area contributed by atoms with E-state index in [4.69, 9.17) is 9.84 Å². The Morgan fingerprint density at radius 2 is 2.05 bits per heavy atom. The van der Waals surface area contributed by atoms with Gasteiger partial charge >= 0.3 is 5.97 Å². The Morgan fingerprint density at radius 3 is 2.70 bits per heavy atom. The third kappa shape index (κ3) is 3.57. The first-order chi connectivity index (χ1) is 9.45. The molecule has 1 N–H and O–H groups in total. The van der Waals surface area contributed by atoms with E-state index in [1.165, 1.54) is 24.3 Å². The van der Waals surface area contributed by atoms with E-state index in [1.807, 2.05) is 6.92 Å². The van der Waals surface area contributed by atoms with Gasteiger partial charge in [0.05, 0.1) is 5.56 Å². The van der Waals surface area contributed by atoms with Gasteiger partial charge in [-0.05, 0) is 48.4 Å². The third-order valence-electron chi connectivity index (χ3n) is 2.75. The van der Waals surface area contributed by atoms with Gasteiger partial charge in [0.15, 0.2) is 0 Å². The lowest BCUT2D eigenvalue weighted by atomic mass is 10.1. The highest BCUT2D eigenvalue weighted by Crippen LogP contribution is 2.22. The topological polar surface area (TPSA) is 46.5 Å². The summed E-state index contributed by atoms with van der Waals surface area (Å²) >= 11 is 3.21. The lowest BCUT2D eigenvalue weighted by molar-refractivity contribution is 0.0696. The maximum atomic E-state index is 13.2. The van der Waals surface area contributed by atoms with Gasteiger partial charge in [-0.15, -0.1) is 0 Å². The normalized spacial score (nSPS) is 10.3. The van der Waals surface area contributed by atoms with E-state index in [0.717, 1.165) is 5.56 Å². The largest absolute Gasteiger partial charge is 0.489 e. The van der Waals surface area contributed by atoms with Gasteiger partial charge in [0.1, 0.15) is 18.2 Å². The third-order valence-corrected chi connectivity index (χ3v) is 3.21. The van der Waals surface area contributed by atoms with Gasteiger partial charge in [0, 0.05) is 4.47 Å². The van der Waals surface area contributed by atoms with Crippen molar-refractivity contribution in [2.75, 3.05) is 0 Å². The van der Waals surface area contributed by atoms with Crippen LogP contribution in [0.3, 0.4) is 0 Å². The molecule has 0 aliphatic heterocycles. The molecule has 0 heterocycles. The monoisotopic (exact) mass is 338 g/mol. The standard InChI is InChI=1S/C15H12BrFO3/c1-9-2-3-11(15(18)19)6-14(9)20-8-10-4-12(16)7-13(17)5-10/h2-7H,8H2,1H3,(H,18,19). The number of carboxylic acids is 1. The lowest BCUT2D eigenvalue weighted by Crippen LogP contribution is -2.01. The van der Waals surface area contributed by atoms with E-state index < -0.39 is 5.97 Å². The minimum Gasteiger partial charge on any atom is -0.489 e. The summed E-state index contributed by atoms with van der Waals surface area (Å²) in [7, 11) is 0. The van der Waals surface area contributed by atoms with Crippen LogP contribution in [0.4, 0.5) is 4.39 Å². The average molecular weight is 339 g/mol. The molecule has 0 spiro atoms. The molecule has 20 heavy (non-hydrogen) atoms. The fraction of sp³-hybridized carbons (Fsp3) is 0.133. The maximum absolute atomic E-state index is 13.2. The van der Waals surface area contributed by atoms with Crippen molar-refractivity contribution >= 4 is 21.9 Å². The number of aromatic carboxylic acids is 1. The summed E-state index contributed by atoms with van der Waals surface area (Å²) in [6.45, 7) is 1.99. The van der Waals surface area contributed by atoms with E-state index in [1.54, 1.807) is 12.1 Å². The van der Waals surface area contributed by atoms with Crippen LogP contribution in [-0.2, 0) is 6.61 Å². The Morgan fingerprint density at radius 1 is 1.30 bits per heavy atom. The summed E-state index contributed by atoms with van der Waals surface area (Å²) in [5.41, 5.74) is 1.65. The van der Waals surface area contributed by atoms with Gasteiger partial charge < -0.3 is 9.84 Å². The molecule has 0 saturated carbocycles. The summed E-state index contributed by atoms with van der Waals surface area (Å²) in [6.07, 6.45) is 0. The van der Waals surface area contributed by atoms with Crippen molar-refractivity contribution in [1.82, 2.24) is 0 Å². The Hall–Kier alpha value is -1.88. The zero-order valence-corrected chi connectivity index (χ0v) is 12.3. The van der Waals surface area contributed by atoms with E-state index in [0.29, 0.717) is 15.8 Å². The molecule has 0 radical (unpaired) electrons. The van der Waals surface area contributed by atoms with Crippen LogP contribution >= 0.6 is 15.9 Å². The first kappa shape index (κ1) is 14.5. The minimum atomic E-state index is -1.01. The van der Waals surface area contributed by atoms with Crippen molar-refractivity contribution in [3.05, 3.63) is 63.4 Å². The first-order valence-corrected chi connectivity index (χ1v) is 6.67. The molecule has 0 aliphatic carbocycles. The van der Waals surface area contributed by atoms with E-state index in [2.05, 4.69) is 15.9 Å². The molecule has 2 rings (SSSR count). The van der Waals surface area contributed by atoms with E-state index >= 15 is 0 Å². The SMILES string of the molecule is Cc1ccc(C(=O)O)cc1OCc1cc(F)cc(Br)c1. The summed E-state index contributed by atoms with van der Waals surface area (Å²) in [6, 6.07) is 9.15. The van der Waals surface area contributed by atoms with Crippen LogP contribution in [0.2, 0.25) is 0 Å². The first-order valence-electron chi connectivity index (χ1n) is 5.87. The number of rotatable bonds is 4. The van der Waals surface area contributed by atoms with Crippen LogP contribution in [0.1, 0.15) is 21.5 Å². The summed E-state index contributed by atoms with van der Waals surface area (Å²) in [5.74, 6) is -0.886. The van der Waals surface area contributed by atoms with Gasteiger partial charge in [-0.1, -0.05) is 22.0 Å². The molecule has 0 atom stereocenters. The summed E-state index contributed by atoms with van der Waals surface area (Å²) in [5, 5.41) is 8.95. The van der Waals surface area contributed by atoms with Crippen LogP contribution in [0, 0.1) is 12.7 Å². The highest BCUT2D eigenvalue weighted by molar-refractivity contribution is 9.10. The van der Waals surface area contributed by atoms with Crippen LogP contribution in [-0.4, -0.2) is 11.1 Å². The Balaban J connectivity index is 2.18. The van der Waals surface area contributed by atoms with Crippen molar-refractivity contribution in [2.45, 2.75) is 13.5 Å². The molecule has 0 aromatic heterocycles. The van der Waals surface area contributed by atoms with Crippen LogP contribution in [0.5, 0.6) is 5.75 Å². The van der Waals surface area contributed by atoms with Crippen LogP contribution in [0.25, 0.3) is 0 Å². The van der Waals surface area contributed by atoms with Crippen molar-refractivity contribution < 1.29 is 19.0 Å². The molecule has 2 aromatic rings. The number of carboxylic acid groups (broad SMARTS) is 1. The minimum absolute atomic E-state index is 0.158. The van der Waals surface area contributed by atoms with E-state index in [-0.39, 0.29) is 18.0 Å². The molecule has 5 heteroatoms. The molecule has 0 bridgehead atoms. The van der Waals surface area contributed by atoms with Gasteiger partial charge in [0.25, 0.3) is 0 Å². The maximum Gasteiger partial charge on any atom is 0.335 e. The second kappa shape index (κ2) is 6.05. The second-order valence-electron chi connectivity index (χ2n) is 4.35. The van der Waals surface area contributed by atoms with Crippen molar-refractivity contribution in [3.8, 4) is 5.75 Å². The summed E-state index contributed by atoms with van der Waals surface area (Å²) in [4.78, 5) is 10.9. The molecule has 0 amide bonds. The Kier molecular flexibility index (Phi) is 4.39. The quantitative estimate of drug-likeness (QED) is 0.909. The number of hydrogen-bond acceptors (Lipinski definition) is 2. The molecule has 0 unspecified atom stereocenters. The fourth-order valence-electron chi connectivity index (χ4n) is 1.74. The van der Waals surface area contributed by atoms with Crippen molar-refractivity contribution in [1.29, 1.82) is 0 Å². The average Bonchev–Trinajstić information content (AvgIpc) is 2.36. The fourth-order valence-corrected chi connectivity index (χ4v) is 2.26. The highest BCUT2D eigenvalue weighted by Gasteiger charge is 2.08. The number of ether oxygens (including phenoxy) is 1. The zero-order chi connectivity index (χ0) is 14.7. The molecule has 104 valence electrons. The van der Waals surface area contributed by atoms with Crippen molar-refractivity contribution in [2.24, 2.45) is 0 Å². The number of carbonyl (C=O) groups is 1. The van der Waals surface area contributed by atoms with Gasteiger partial charge in [-0.3, -0.25) is 0 Å². The zero-order valence-electron chi connectivity index (χ0n) is 10.7. The number of aryl methyl sites for hydroxylation is 1. The predicted octanol–water partition coefficient (Wildman–Crippen LogP) is 4.17. The highest BCUT2D eigenvalue weighted by atomic mass is 79.9. The molecule has 0 fully saturated rings. The Bertz CT molecular complexity index is 635. The predicted molar refractivity (Wildman–Crippen MR) is 76.6 cm³/mol. The molecule has 0 aliphatic rings. The molecular weight excluding hydrogens is 327 g/mol. The number of hydrogen-bond donors (Lipinski definition) is 1. The van der Waals surface area contributed by atoms with Crippen molar-refractivity contribution in [3.63, 3.8) is 0 Å². The smallest absolute Gasteiger partial charge is 0.335 e. The molecule has 3 nitrogen and oxygen atoms in total. The number of benzene rings is 2. The van der Waals surface area contributed by atoms with Crippen LogP contribution < -0.4 is 4.74 Å². The number of halogens is 2. The van der Waals surface area contributed by atoms with Gasteiger partial charge in [-0.2, -0.15) is 0 Å². The summed E-state index contributed by atoms with van der Waals surface area (Å²) < 4.78 is 19.4. The van der Waals surface area contributed by atoms with Gasteiger partial charge in [-0.25, -0.2) is 9.18 Å². The second-order valence-corrected chi connectivity index (χ2v) is 5.27. The van der Waals surface area contributed by atoms with Crippen LogP contribution in [0.15, 0.2) is 40.9 Å². The lowest BCUT2D eigenvalue weighted by Gasteiger charge is -2.10. The molecule has 0 saturated heterocycles. The van der Waals surface area contributed by atoms with Gasteiger partial charge in [0.2, 0.25) is 0 Å². The van der Waals surface area contributed by atoms with E-state index in [9.17, 15) is 9.18 Å².